The molecule has 0 atom stereocenters. The predicted octanol–water partition coefficient (Wildman–Crippen LogP) is 13.8. The van der Waals surface area contributed by atoms with Gasteiger partial charge in [-0.15, -0.1) is 0 Å². The van der Waals surface area contributed by atoms with Crippen molar-refractivity contribution in [3.05, 3.63) is 187 Å². The van der Waals surface area contributed by atoms with Gasteiger partial charge < -0.3 is 9.32 Å². The molecule has 9 aromatic rings. The van der Waals surface area contributed by atoms with Crippen LogP contribution in [0.3, 0.4) is 0 Å². The minimum absolute atomic E-state index is 0.193. The standard InChI is InChI=1S/C49H35NO/c1-49(2)43-20-12-11-19-41(43)45-39-17-9-10-18-40(39)48-46(47(45)49)42-31-38(29-30-44(42)51-48)50(36-25-21-34(22-26-36)32-13-5-3-6-14-32)37-27-23-35(24-28-37)33-15-7-4-8-16-33/h3-31H,1-2H3. The summed E-state index contributed by atoms with van der Waals surface area (Å²) in [5.74, 6) is 0. The average molecular weight is 654 g/mol. The summed E-state index contributed by atoms with van der Waals surface area (Å²) in [6.45, 7) is 4.73. The van der Waals surface area contributed by atoms with Crippen molar-refractivity contribution in [1.29, 1.82) is 0 Å². The van der Waals surface area contributed by atoms with Crippen LogP contribution in [0.4, 0.5) is 17.1 Å². The van der Waals surface area contributed by atoms with E-state index >= 15 is 0 Å². The Balaban J connectivity index is 1.20. The Bertz CT molecular complexity index is 2660. The van der Waals surface area contributed by atoms with E-state index in [2.05, 4.69) is 195 Å². The largest absolute Gasteiger partial charge is 0.455 e. The van der Waals surface area contributed by atoms with Gasteiger partial charge in [0.15, 0.2) is 0 Å². The van der Waals surface area contributed by atoms with Gasteiger partial charge in [-0.3, -0.25) is 0 Å². The van der Waals surface area contributed by atoms with Gasteiger partial charge in [-0.05, 0) is 92.4 Å². The predicted molar refractivity (Wildman–Crippen MR) is 214 cm³/mol. The van der Waals surface area contributed by atoms with E-state index < -0.39 is 0 Å². The Labute approximate surface area is 297 Å². The van der Waals surface area contributed by atoms with Crippen molar-refractivity contribution < 1.29 is 4.42 Å². The summed E-state index contributed by atoms with van der Waals surface area (Å²) in [6, 6.07) is 63.3. The van der Waals surface area contributed by atoms with Crippen molar-refractivity contribution in [3.8, 4) is 33.4 Å². The number of rotatable bonds is 5. The van der Waals surface area contributed by atoms with Gasteiger partial charge in [0.25, 0.3) is 0 Å². The number of nitrogens with zero attached hydrogens (tertiary/aromatic N) is 1. The first-order valence-electron chi connectivity index (χ1n) is 17.7. The fourth-order valence-electron chi connectivity index (χ4n) is 8.42. The van der Waals surface area contributed by atoms with E-state index in [9.17, 15) is 0 Å². The molecule has 0 spiro atoms. The normalized spacial score (nSPS) is 13.1. The molecule has 0 radical (unpaired) electrons. The molecule has 2 nitrogen and oxygen atoms in total. The van der Waals surface area contributed by atoms with E-state index in [1.165, 1.54) is 55.3 Å². The Morgan fingerprint density at radius 2 is 0.961 bits per heavy atom. The summed E-state index contributed by atoms with van der Waals surface area (Å²) >= 11 is 0. The fourth-order valence-corrected chi connectivity index (χ4v) is 8.42. The Hall–Kier alpha value is -6.38. The van der Waals surface area contributed by atoms with Crippen molar-refractivity contribution >= 4 is 49.8 Å². The van der Waals surface area contributed by atoms with Crippen LogP contribution in [-0.4, -0.2) is 0 Å². The van der Waals surface area contributed by atoms with Crippen LogP contribution in [0, 0.1) is 0 Å². The first-order chi connectivity index (χ1) is 25.1. The maximum atomic E-state index is 6.84. The molecule has 242 valence electrons. The van der Waals surface area contributed by atoms with Crippen LogP contribution >= 0.6 is 0 Å². The molecule has 1 heterocycles. The molecule has 0 saturated heterocycles. The van der Waals surface area contributed by atoms with Gasteiger partial charge >= 0.3 is 0 Å². The minimum Gasteiger partial charge on any atom is -0.455 e. The average Bonchev–Trinajstić information content (AvgIpc) is 3.68. The fraction of sp³-hybridized carbons (Fsp3) is 0.0612. The van der Waals surface area contributed by atoms with Crippen molar-refractivity contribution in [3.63, 3.8) is 0 Å². The zero-order valence-corrected chi connectivity index (χ0v) is 28.6. The summed E-state index contributed by atoms with van der Waals surface area (Å²) in [7, 11) is 0. The molecule has 0 N–H and O–H groups in total. The molecule has 2 heteroatoms. The van der Waals surface area contributed by atoms with Crippen LogP contribution in [0.5, 0.6) is 0 Å². The van der Waals surface area contributed by atoms with Crippen LogP contribution in [0.25, 0.3) is 66.1 Å². The molecule has 1 aliphatic carbocycles. The summed E-state index contributed by atoms with van der Waals surface area (Å²) in [4.78, 5) is 2.36. The molecule has 0 bridgehead atoms. The SMILES string of the molecule is CC1(C)c2ccccc2-c2c1c1c3cc(N(c4ccc(-c5ccccc5)cc4)c4ccc(-c5ccccc5)cc4)ccc3oc1c1ccccc21. The summed E-state index contributed by atoms with van der Waals surface area (Å²) in [5, 5.41) is 4.75. The molecule has 0 fully saturated rings. The zero-order chi connectivity index (χ0) is 34.1. The summed E-state index contributed by atoms with van der Waals surface area (Å²) in [5.41, 5.74) is 15.1. The van der Waals surface area contributed by atoms with Gasteiger partial charge in [0.05, 0.1) is 0 Å². The van der Waals surface area contributed by atoms with E-state index in [-0.39, 0.29) is 5.41 Å². The van der Waals surface area contributed by atoms with Crippen molar-refractivity contribution in [2.45, 2.75) is 19.3 Å². The molecule has 0 aliphatic heterocycles. The topological polar surface area (TPSA) is 16.4 Å². The lowest BCUT2D eigenvalue weighted by atomic mass is 9.79. The molecule has 51 heavy (non-hydrogen) atoms. The van der Waals surface area contributed by atoms with Gasteiger partial charge in [0, 0.05) is 38.6 Å². The van der Waals surface area contributed by atoms with Crippen molar-refractivity contribution in [2.24, 2.45) is 0 Å². The third-order valence-electron chi connectivity index (χ3n) is 10.8. The quantitative estimate of drug-likeness (QED) is 0.184. The van der Waals surface area contributed by atoms with Gasteiger partial charge in [-0.2, -0.15) is 0 Å². The van der Waals surface area contributed by atoms with E-state index in [0.29, 0.717) is 0 Å². The molecular weight excluding hydrogens is 619 g/mol. The highest BCUT2D eigenvalue weighted by atomic mass is 16.3. The van der Waals surface area contributed by atoms with Crippen LogP contribution in [0.2, 0.25) is 0 Å². The lowest BCUT2D eigenvalue weighted by Crippen LogP contribution is -2.15. The Morgan fingerprint density at radius 1 is 0.451 bits per heavy atom. The second-order valence-electron chi connectivity index (χ2n) is 14.1. The van der Waals surface area contributed by atoms with E-state index in [1.807, 2.05) is 0 Å². The monoisotopic (exact) mass is 653 g/mol. The molecule has 0 unspecified atom stereocenters. The van der Waals surface area contributed by atoms with Gasteiger partial charge in [-0.25, -0.2) is 0 Å². The maximum absolute atomic E-state index is 6.84. The second-order valence-corrected chi connectivity index (χ2v) is 14.1. The molecule has 0 saturated carbocycles. The smallest absolute Gasteiger partial charge is 0.143 e. The van der Waals surface area contributed by atoms with Crippen LogP contribution < -0.4 is 4.90 Å². The second kappa shape index (κ2) is 11.3. The van der Waals surface area contributed by atoms with Gasteiger partial charge in [0.2, 0.25) is 0 Å². The molecule has 0 amide bonds. The molecule has 10 rings (SSSR count). The lowest BCUT2D eigenvalue weighted by Gasteiger charge is -2.26. The first-order valence-corrected chi connectivity index (χ1v) is 17.7. The number of hydrogen-bond donors (Lipinski definition) is 0. The van der Waals surface area contributed by atoms with Crippen LogP contribution in [-0.2, 0) is 5.41 Å². The Morgan fingerprint density at radius 3 is 1.59 bits per heavy atom. The van der Waals surface area contributed by atoms with Crippen molar-refractivity contribution in [2.75, 3.05) is 4.90 Å². The van der Waals surface area contributed by atoms with Gasteiger partial charge in [-0.1, -0.05) is 147 Å². The van der Waals surface area contributed by atoms with Crippen LogP contribution in [0.1, 0.15) is 25.0 Å². The number of benzene rings is 8. The molecule has 1 aliphatic rings. The zero-order valence-electron chi connectivity index (χ0n) is 28.6. The highest BCUT2D eigenvalue weighted by molar-refractivity contribution is 6.23. The molecular formula is C49H35NO. The third-order valence-corrected chi connectivity index (χ3v) is 10.8. The number of furan rings is 1. The highest BCUT2D eigenvalue weighted by Crippen LogP contribution is 2.56. The summed E-state index contributed by atoms with van der Waals surface area (Å²) in [6.07, 6.45) is 0. The maximum Gasteiger partial charge on any atom is 0.143 e. The van der Waals surface area contributed by atoms with E-state index in [0.717, 1.165) is 39.0 Å². The molecule has 1 aromatic heterocycles. The van der Waals surface area contributed by atoms with E-state index in [1.54, 1.807) is 0 Å². The third kappa shape index (κ3) is 4.57. The minimum atomic E-state index is -0.193. The highest BCUT2D eigenvalue weighted by Gasteiger charge is 2.39. The number of anilines is 3. The summed E-state index contributed by atoms with van der Waals surface area (Å²) < 4.78 is 6.84. The van der Waals surface area contributed by atoms with Gasteiger partial charge in [0.1, 0.15) is 11.2 Å². The van der Waals surface area contributed by atoms with E-state index in [4.69, 9.17) is 4.42 Å². The molecule has 8 aromatic carbocycles. The lowest BCUT2D eigenvalue weighted by molar-refractivity contribution is 0.659. The number of fused-ring (bicyclic) bond motifs is 10. The van der Waals surface area contributed by atoms with Crippen molar-refractivity contribution in [1.82, 2.24) is 0 Å². The van der Waals surface area contributed by atoms with Crippen LogP contribution in [0.15, 0.2) is 180 Å². The number of hydrogen-bond acceptors (Lipinski definition) is 2. The first kappa shape index (κ1) is 29.5. The Kier molecular flexibility index (Phi) is 6.56.